The van der Waals surface area contributed by atoms with E-state index < -0.39 is 4.92 Å². The summed E-state index contributed by atoms with van der Waals surface area (Å²) in [5.74, 6) is 0.684. The van der Waals surface area contributed by atoms with E-state index in [-0.39, 0.29) is 28.8 Å². The van der Waals surface area contributed by atoms with Gasteiger partial charge in [0.15, 0.2) is 0 Å². The maximum absolute atomic E-state index is 12.2. The number of anilines is 1. The Morgan fingerprint density at radius 3 is 2.62 bits per heavy atom. The van der Waals surface area contributed by atoms with Gasteiger partial charge in [0.1, 0.15) is 5.76 Å². The van der Waals surface area contributed by atoms with Crippen molar-refractivity contribution in [3.8, 4) is 0 Å². The molecule has 2 heterocycles. The Morgan fingerprint density at radius 1 is 1.23 bits per heavy atom. The number of halogens is 1. The molecule has 1 amide bonds. The number of hydrogen-bond donors (Lipinski definition) is 1. The van der Waals surface area contributed by atoms with Crippen LogP contribution in [0, 0.1) is 10.1 Å². The molecule has 8 nitrogen and oxygen atoms in total. The summed E-state index contributed by atoms with van der Waals surface area (Å²) >= 11 is 6.01. The van der Waals surface area contributed by atoms with Gasteiger partial charge in [0.2, 0.25) is 5.91 Å². The molecule has 1 N–H and O–H groups in total. The Labute approximate surface area is 155 Å². The summed E-state index contributed by atoms with van der Waals surface area (Å²) in [4.78, 5) is 26.9. The zero-order valence-corrected chi connectivity index (χ0v) is 14.8. The van der Waals surface area contributed by atoms with E-state index in [1.165, 1.54) is 18.2 Å². The summed E-state index contributed by atoms with van der Waals surface area (Å²) in [5.41, 5.74) is 0.138. The van der Waals surface area contributed by atoms with E-state index in [2.05, 4.69) is 10.2 Å². The number of hydrogen-bond acceptors (Lipinski definition) is 6. The third-order valence-corrected chi connectivity index (χ3v) is 4.56. The van der Waals surface area contributed by atoms with Gasteiger partial charge in [-0.05, 0) is 18.2 Å². The van der Waals surface area contributed by atoms with Crippen molar-refractivity contribution >= 4 is 28.9 Å². The fourth-order valence-corrected chi connectivity index (χ4v) is 3.01. The Balaban J connectivity index is 1.49. The summed E-state index contributed by atoms with van der Waals surface area (Å²) in [6, 6.07) is 7.79. The quantitative estimate of drug-likeness (QED) is 0.613. The number of carbonyl (C=O) groups excluding carboxylic acids is 1. The van der Waals surface area contributed by atoms with E-state index in [1.807, 2.05) is 17.0 Å². The van der Waals surface area contributed by atoms with Crippen molar-refractivity contribution in [3.05, 3.63) is 57.5 Å². The van der Waals surface area contributed by atoms with Crippen molar-refractivity contribution in [1.29, 1.82) is 0 Å². The lowest BCUT2D eigenvalue weighted by Crippen LogP contribution is -2.48. The molecule has 0 radical (unpaired) electrons. The Hall–Kier alpha value is -2.42. The van der Waals surface area contributed by atoms with E-state index in [0.717, 1.165) is 38.5 Å². The second kappa shape index (κ2) is 8.31. The molecule has 0 aliphatic carbocycles. The number of furan rings is 1. The zero-order valence-electron chi connectivity index (χ0n) is 14.1. The van der Waals surface area contributed by atoms with Crippen molar-refractivity contribution in [3.63, 3.8) is 0 Å². The molecule has 9 heteroatoms. The molecule has 3 rings (SSSR count). The number of nitro groups is 1. The monoisotopic (exact) mass is 378 g/mol. The second-order valence-corrected chi connectivity index (χ2v) is 6.51. The Kier molecular flexibility index (Phi) is 5.87. The highest BCUT2D eigenvalue weighted by Gasteiger charge is 2.20. The fraction of sp³-hybridized carbons (Fsp3) is 0.353. The van der Waals surface area contributed by atoms with Gasteiger partial charge >= 0.3 is 0 Å². The summed E-state index contributed by atoms with van der Waals surface area (Å²) in [5, 5.41) is 13.8. The third kappa shape index (κ3) is 4.81. The molecule has 138 valence electrons. The minimum Gasteiger partial charge on any atom is -0.468 e. The van der Waals surface area contributed by atoms with Crippen LogP contribution in [0.25, 0.3) is 0 Å². The molecule has 1 aromatic carbocycles. The lowest BCUT2D eigenvalue weighted by Gasteiger charge is -2.33. The third-order valence-electron chi connectivity index (χ3n) is 4.23. The van der Waals surface area contributed by atoms with Gasteiger partial charge in [-0.3, -0.25) is 24.7 Å². The molecule has 26 heavy (non-hydrogen) atoms. The largest absolute Gasteiger partial charge is 0.468 e. The Bertz CT molecular complexity index is 773. The fourth-order valence-electron chi connectivity index (χ4n) is 2.84. The molecular weight excluding hydrogens is 360 g/mol. The minimum atomic E-state index is -0.524. The number of amides is 1. The van der Waals surface area contributed by atoms with Crippen LogP contribution in [0.3, 0.4) is 0 Å². The number of nitro benzene ring substituents is 1. The maximum Gasteiger partial charge on any atom is 0.271 e. The predicted molar refractivity (Wildman–Crippen MR) is 97.2 cm³/mol. The second-order valence-electron chi connectivity index (χ2n) is 6.10. The highest BCUT2D eigenvalue weighted by molar-refractivity contribution is 6.33. The average Bonchev–Trinajstić information content (AvgIpc) is 3.11. The predicted octanol–water partition coefficient (Wildman–Crippen LogP) is 2.60. The number of piperazine rings is 1. The smallest absolute Gasteiger partial charge is 0.271 e. The van der Waals surface area contributed by atoms with Crippen LogP contribution in [0.4, 0.5) is 11.4 Å². The van der Waals surface area contributed by atoms with E-state index in [0.29, 0.717) is 0 Å². The van der Waals surface area contributed by atoms with Gasteiger partial charge in [0, 0.05) is 38.3 Å². The van der Waals surface area contributed by atoms with Gasteiger partial charge in [0.25, 0.3) is 5.69 Å². The van der Waals surface area contributed by atoms with Crippen LogP contribution >= 0.6 is 11.6 Å². The number of rotatable bonds is 6. The summed E-state index contributed by atoms with van der Waals surface area (Å²) in [7, 11) is 0. The van der Waals surface area contributed by atoms with E-state index in [4.69, 9.17) is 16.0 Å². The molecule has 0 unspecified atom stereocenters. The number of nitrogens with one attached hydrogen (secondary N) is 1. The first-order valence-corrected chi connectivity index (χ1v) is 8.60. The molecule has 0 bridgehead atoms. The highest BCUT2D eigenvalue weighted by Crippen LogP contribution is 2.26. The molecule has 1 fully saturated rings. The van der Waals surface area contributed by atoms with Crippen LogP contribution in [0.5, 0.6) is 0 Å². The van der Waals surface area contributed by atoms with Gasteiger partial charge in [-0.15, -0.1) is 0 Å². The normalized spacial score (nSPS) is 15.7. The molecule has 1 aromatic heterocycles. The lowest BCUT2D eigenvalue weighted by molar-refractivity contribution is -0.384. The SMILES string of the molecule is O=C(CN1CCN(Cc2ccco2)CC1)Nc1cc([N+](=O)[O-])ccc1Cl. The van der Waals surface area contributed by atoms with E-state index in [9.17, 15) is 14.9 Å². The standard InChI is InChI=1S/C17H19ClN4O4/c18-15-4-3-13(22(24)25)10-16(15)19-17(23)12-21-7-5-20(6-8-21)11-14-2-1-9-26-14/h1-4,9-10H,5-8,11-12H2,(H,19,23). The number of carbonyl (C=O) groups is 1. The molecule has 1 aliphatic rings. The first-order chi connectivity index (χ1) is 12.5. The molecule has 0 saturated carbocycles. The van der Waals surface area contributed by atoms with Gasteiger partial charge in [-0.2, -0.15) is 0 Å². The minimum absolute atomic E-state index is 0.115. The zero-order chi connectivity index (χ0) is 18.5. The van der Waals surface area contributed by atoms with Crippen LogP contribution in [0.1, 0.15) is 5.76 Å². The van der Waals surface area contributed by atoms with Crippen LogP contribution in [-0.4, -0.2) is 53.4 Å². The van der Waals surface area contributed by atoms with Gasteiger partial charge in [-0.25, -0.2) is 0 Å². The van der Waals surface area contributed by atoms with Crippen LogP contribution in [0.2, 0.25) is 5.02 Å². The maximum atomic E-state index is 12.2. The summed E-state index contributed by atoms with van der Waals surface area (Å²) in [6.07, 6.45) is 1.66. The van der Waals surface area contributed by atoms with Gasteiger partial charge in [0.05, 0.1) is 35.0 Å². The van der Waals surface area contributed by atoms with Crippen LogP contribution in [-0.2, 0) is 11.3 Å². The van der Waals surface area contributed by atoms with Crippen molar-refractivity contribution in [2.75, 3.05) is 38.0 Å². The van der Waals surface area contributed by atoms with Crippen molar-refractivity contribution in [2.24, 2.45) is 0 Å². The molecule has 2 aromatic rings. The lowest BCUT2D eigenvalue weighted by atomic mass is 10.2. The van der Waals surface area contributed by atoms with Crippen molar-refractivity contribution in [2.45, 2.75) is 6.54 Å². The summed E-state index contributed by atoms with van der Waals surface area (Å²) < 4.78 is 5.35. The average molecular weight is 379 g/mol. The molecule has 0 atom stereocenters. The van der Waals surface area contributed by atoms with Crippen molar-refractivity contribution in [1.82, 2.24) is 9.80 Å². The topological polar surface area (TPSA) is 91.9 Å². The van der Waals surface area contributed by atoms with E-state index >= 15 is 0 Å². The van der Waals surface area contributed by atoms with E-state index in [1.54, 1.807) is 6.26 Å². The molecule has 0 spiro atoms. The first-order valence-electron chi connectivity index (χ1n) is 8.22. The van der Waals surface area contributed by atoms with Gasteiger partial charge in [-0.1, -0.05) is 11.6 Å². The Morgan fingerprint density at radius 2 is 1.96 bits per heavy atom. The number of nitrogens with zero attached hydrogens (tertiary/aromatic N) is 3. The summed E-state index contributed by atoms with van der Waals surface area (Å²) in [6.45, 7) is 4.18. The van der Waals surface area contributed by atoms with Crippen molar-refractivity contribution < 1.29 is 14.1 Å². The van der Waals surface area contributed by atoms with Crippen LogP contribution < -0.4 is 5.32 Å². The highest BCUT2D eigenvalue weighted by atomic mass is 35.5. The molecule has 1 saturated heterocycles. The number of non-ortho nitro benzene ring substituents is 1. The molecule has 1 aliphatic heterocycles. The van der Waals surface area contributed by atoms with Gasteiger partial charge < -0.3 is 9.73 Å². The van der Waals surface area contributed by atoms with Crippen LogP contribution in [0.15, 0.2) is 41.0 Å². The number of benzene rings is 1. The molecular formula is C17H19ClN4O4. The first kappa shape index (κ1) is 18.4.